The predicted molar refractivity (Wildman–Crippen MR) is 125 cm³/mol. The number of carbonyl (C=O) groups excluding carboxylic acids is 2. The van der Waals surface area contributed by atoms with Crippen LogP contribution in [0.4, 0.5) is 4.79 Å². The summed E-state index contributed by atoms with van der Waals surface area (Å²) in [6.07, 6.45) is -0.984. The van der Waals surface area contributed by atoms with E-state index in [-0.39, 0.29) is 36.8 Å². The van der Waals surface area contributed by atoms with Crippen molar-refractivity contribution in [1.29, 1.82) is 0 Å². The van der Waals surface area contributed by atoms with Gasteiger partial charge in [-0.05, 0) is 32.6 Å². The molecule has 5 unspecified atom stereocenters. The minimum atomic E-state index is -0.512. The number of hydrogen-bond acceptors (Lipinski definition) is 9. The molecule has 1 N–H and O–H groups in total. The van der Waals surface area contributed by atoms with Crippen LogP contribution in [0.15, 0.2) is 0 Å². The fraction of sp³-hybridized carbons (Fsp3) is 0.917. The smallest absolute Gasteiger partial charge is 0.407 e. The van der Waals surface area contributed by atoms with E-state index in [4.69, 9.17) is 33.2 Å². The number of rotatable bonds is 15. The molecule has 1 saturated heterocycles. The molecule has 10 heteroatoms. The van der Waals surface area contributed by atoms with Crippen molar-refractivity contribution in [3.63, 3.8) is 0 Å². The van der Waals surface area contributed by atoms with Crippen molar-refractivity contribution >= 4 is 12.1 Å². The van der Waals surface area contributed by atoms with E-state index in [1.165, 1.54) is 6.92 Å². The van der Waals surface area contributed by atoms with E-state index in [9.17, 15) is 9.59 Å². The first kappa shape index (κ1) is 30.6. The highest BCUT2D eigenvalue weighted by Gasteiger charge is 2.40. The van der Waals surface area contributed by atoms with Crippen LogP contribution < -0.4 is 5.32 Å². The summed E-state index contributed by atoms with van der Waals surface area (Å²) in [5.74, 6) is 0.569. The molecule has 0 spiro atoms. The zero-order valence-corrected chi connectivity index (χ0v) is 21.9. The normalized spacial score (nSPS) is 25.1. The van der Waals surface area contributed by atoms with Crippen LogP contribution in [0.5, 0.6) is 0 Å². The Morgan fingerprint density at radius 3 is 1.94 bits per heavy atom. The Bertz CT molecular complexity index is 581. The Kier molecular flexibility index (Phi) is 14.6. The van der Waals surface area contributed by atoms with Gasteiger partial charge < -0.3 is 38.5 Å². The molecule has 10 nitrogen and oxygen atoms in total. The minimum Gasteiger partial charge on any atom is -0.463 e. The molecule has 34 heavy (non-hydrogen) atoms. The largest absolute Gasteiger partial charge is 0.463 e. The molecule has 1 fully saturated rings. The minimum absolute atomic E-state index is 0.176. The van der Waals surface area contributed by atoms with Crippen LogP contribution in [-0.4, -0.2) is 89.5 Å². The van der Waals surface area contributed by atoms with Crippen LogP contribution in [-0.2, 0) is 38.0 Å². The Labute approximate surface area is 204 Å². The summed E-state index contributed by atoms with van der Waals surface area (Å²) in [5.41, 5.74) is -0.512. The molecule has 0 aromatic rings. The molecular weight excluding hydrogens is 446 g/mol. The lowest BCUT2D eigenvalue weighted by Gasteiger charge is -2.43. The van der Waals surface area contributed by atoms with Gasteiger partial charge in [0, 0.05) is 19.4 Å². The second kappa shape index (κ2) is 16.3. The lowest BCUT2D eigenvalue weighted by Crippen LogP contribution is -2.48. The van der Waals surface area contributed by atoms with Gasteiger partial charge in [-0.3, -0.25) is 4.79 Å². The molecule has 1 amide bonds. The topological polar surface area (TPSA) is 111 Å². The molecule has 0 saturated carbocycles. The van der Waals surface area contributed by atoms with Crippen molar-refractivity contribution in [1.82, 2.24) is 5.32 Å². The van der Waals surface area contributed by atoms with Gasteiger partial charge in [0.15, 0.2) is 6.29 Å². The molecule has 0 aromatic heterocycles. The molecule has 1 heterocycles. The molecule has 1 aliphatic heterocycles. The highest BCUT2D eigenvalue weighted by molar-refractivity contribution is 5.67. The van der Waals surface area contributed by atoms with E-state index < -0.39 is 11.7 Å². The lowest BCUT2D eigenvalue weighted by molar-refractivity contribution is -0.258. The van der Waals surface area contributed by atoms with Crippen molar-refractivity contribution in [2.45, 2.75) is 66.5 Å². The number of esters is 1. The van der Waals surface area contributed by atoms with Gasteiger partial charge in [-0.25, -0.2) is 4.79 Å². The van der Waals surface area contributed by atoms with E-state index >= 15 is 0 Å². The van der Waals surface area contributed by atoms with Crippen molar-refractivity contribution in [2.24, 2.45) is 17.8 Å². The maximum Gasteiger partial charge on any atom is 0.407 e. The van der Waals surface area contributed by atoms with Crippen LogP contribution in [0.3, 0.4) is 0 Å². The maximum atomic E-state index is 11.5. The first-order chi connectivity index (χ1) is 16.0. The van der Waals surface area contributed by atoms with Crippen LogP contribution in [0.2, 0.25) is 0 Å². The molecule has 1 rings (SSSR count). The molecule has 0 radical (unpaired) electrons. The van der Waals surface area contributed by atoms with Crippen molar-refractivity contribution in [3.05, 3.63) is 0 Å². The van der Waals surface area contributed by atoms with Crippen LogP contribution >= 0.6 is 0 Å². The van der Waals surface area contributed by atoms with Crippen molar-refractivity contribution in [2.75, 3.05) is 59.4 Å². The molecule has 1 aliphatic rings. The third kappa shape index (κ3) is 13.4. The Hall–Kier alpha value is -1.46. The van der Waals surface area contributed by atoms with E-state index in [1.54, 1.807) is 0 Å². The Morgan fingerprint density at radius 1 is 0.824 bits per heavy atom. The first-order valence-electron chi connectivity index (χ1n) is 12.1. The van der Waals surface area contributed by atoms with Gasteiger partial charge in [0.1, 0.15) is 12.2 Å². The van der Waals surface area contributed by atoms with Gasteiger partial charge >= 0.3 is 12.1 Å². The molecule has 5 atom stereocenters. The van der Waals surface area contributed by atoms with E-state index in [1.807, 2.05) is 20.8 Å². The van der Waals surface area contributed by atoms with Crippen LogP contribution in [0.25, 0.3) is 0 Å². The average Bonchev–Trinajstić information content (AvgIpc) is 2.74. The maximum absolute atomic E-state index is 11.5. The highest BCUT2D eigenvalue weighted by Crippen LogP contribution is 2.35. The number of ether oxygens (including phenoxy) is 7. The molecular formula is C24H45NO9. The number of carbonyl (C=O) groups is 2. The summed E-state index contributed by atoms with van der Waals surface area (Å²) < 4.78 is 38.6. The highest BCUT2D eigenvalue weighted by atomic mass is 16.7. The number of amides is 1. The molecule has 0 aliphatic carbocycles. The van der Waals surface area contributed by atoms with Crippen molar-refractivity contribution < 1.29 is 42.7 Å². The zero-order valence-electron chi connectivity index (χ0n) is 21.9. The molecule has 0 aromatic carbocycles. The number of nitrogens with one attached hydrogen (secondary N) is 1. The predicted octanol–water partition coefficient (Wildman–Crippen LogP) is 2.77. The Balaban J connectivity index is 2.01. The summed E-state index contributed by atoms with van der Waals surface area (Å²) in [6.45, 7) is 16.9. The SMILES string of the molecule is CC(=O)OCC1OC(OCCOCCOCCOCCNC(=O)OC(C)(C)C)C(C)C(C)C1C. The van der Waals surface area contributed by atoms with Gasteiger partial charge in [-0.1, -0.05) is 20.8 Å². The second-order valence-electron chi connectivity index (χ2n) is 9.56. The van der Waals surface area contributed by atoms with E-state index in [0.29, 0.717) is 58.7 Å². The molecule has 0 bridgehead atoms. The van der Waals surface area contributed by atoms with Gasteiger partial charge in [-0.15, -0.1) is 0 Å². The summed E-state index contributed by atoms with van der Waals surface area (Å²) in [6, 6.07) is 0. The first-order valence-corrected chi connectivity index (χ1v) is 12.1. The van der Waals surface area contributed by atoms with Gasteiger partial charge in [0.25, 0.3) is 0 Å². The van der Waals surface area contributed by atoms with Crippen LogP contribution in [0, 0.1) is 17.8 Å². The monoisotopic (exact) mass is 491 g/mol. The van der Waals surface area contributed by atoms with Crippen LogP contribution in [0.1, 0.15) is 48.5 Å². The molecule has 200 valence electrons. The zero-order chi connectivity index (χ0) is 25.6. The Morgan fingerprint density at radius 2 is 1.38 bits per heavy atom. The standard InChI is InChI=1S/C24H45NO9/c1-17-18(2)21(16-32-20(4)26)33-22(19(17)3)31-15-14-30-13-12-29-11-10-28-9-8-25-23(27)34-24(5,6)7/h17-19,21-22H,8-16H2,1-7H3,(H,25,27). The quantitative estimate of drug-likeness (QED) is 0.273. The summed E-state index contributed by atoms with van der Waals surface area (Å²) in [4.78, 5) is 22.6. The van der Waals surface area contributed by atoms with E-state index in [2.05, 4.69) is 26.1 Å². The van der Waals surface area contributed by atoms with Crippen molar-refractivity contribution in [3.8, 4) is 0 Å². The summed E-state index contributed by atoms with van der Waals surface area (Å²) in [5, 5.41) is 2.63. The summed E-state index contributed by atoms with van der Waals surface area (Å²) >= 11 is 0. The van der Waals surface area contributed by atoms with E-state index in [0.717, 1.165) is 0 Å². The van der Waals surface area contributed by atoms with Gasteiger partial charge in [0.2, 0.25) is 0 Å². The third-order valence-electron chi connectivity index (χ3n) is 5.60. The van der Waals surface area contributed by atoms with Gasteiger partial charge in [0.05, 0.1) is 52.4 Å². The fourth-order valence-electron chi connectivity index (χ4n) is 3.37. The number of hydrogen-bond donors (Lipinski definition) is 1. The average molecular weight is 492 g/mol. The third-order valence-corrected chi connectivity index (χ3v) is 5.60. The lowest BCUT2D eigenvalue weighted by atomic mass is 9.79. The summed E-state index contributed by atoms with van der Waals surface area (Å²) in [7, 11) is 0. The van der Waals surface area contributed by atoms with Gasteiger partial charge in [-0.2, -0.15) is 0 Å². The second-order valence-corrected chi connectivity index (χ2v) is 9.56. The number of alkyl carbamates (subject to hydrolysis) is 1. The fourth-order valence-corrected chi connectivity index (χ4v) is 3.37.